The minimum absolute atomic E-state index is 0.0142. The van der Waals surface area contributed by atoms with Crippen LogP contribution in [0.1, 0.15) is 27.0 Å². The Hall–Kier alpha value is -3.73. The van der Waals surface area contributed by atoms with Gasteiger partial charge in [0.25, 0.3) is 0 Å². The highest BCUT2D eigenvalue weighted by Gasteiger charge is 2.20. The van der Waals surface area contributed by atoms with E-state index in [9.17, 15) is 14.0 Å². The van der Waals surface area contributed by atoms with E-state index in [2.05, 4.69) is 5.32 Å². The van der Waals surface area contributed by atoms with Crippen LogP contribution >= 0.6 is 0 Å². The fraction of sp³-hybridized carbons (Fsp3) is 0.120. The quantitative estimate of drug-likeness (QED) is 0.464. The van der Waals surface area contributed by atoms with Crippen molar-refractivity contribution in [1.29, 1.82) is 0 Å². The molecular formula is C25H21FN2O2. The lowest BCUT2D eigenvalue weighted by atomic mass is 10.0. The van der Waals surface area contributed by atoms with Gasteiger partial charge in [0.15, 0.2) is 5.78 Å². The molecule has 0 fully saturated rings. The van der Waals surface area contributed by atoms with E-state index < -0.39 is 11.6 Å². The molecule has 0 atom stereocenters. The summed E-state index contributed by atoms with van der Waals surface area (Å²) in [6, 6.07) is 19.1. The van der Waals surface area contributed by atoms with Crippen LogP contribution in [0.2, 0.25) is 0 Å². The number of nitrogens with zero attached hydrogens (tertiary/aromatic N) is 1. The number of benzene rings is 3. The minimum Gasteiger partial charge on any atom is -0.337 e. The number of aryl methyl sites for hydroxylation is 2. The van der Waals surface area contributed by atoms with E-state index in [1.165, 1.54) is 12.1 Å². The first-order valence-corrected chi connectivity index (χ1v) is 9.69. The molecule has 4 nitrogen and oxygen atoms in total. The summed E-state index contributed by atoms with van der Waals surface area (Å²) in [5, 5.41) is 3.65. The van der Waals surface area contributed by atoms with E-state index in [0.717, 1.165) is 22.3 Å². The smallest absolute Gasteiger partial charge is 0.244 e. The van der Waals surface area contributed by atoms with Crippen LogP contribution < -0.4 is 5.32 Å². The Bertz CT molecular complexity index is 1250. The Morgan fingerprint density at radius 3 is 2.27 bits per heavy atom. The minimum atomic E-state index is -0.563. The maximum Gasteiger partial charge on any atom is 0.244 e. The van der Waals surface area contributed by atoms with Crippen molar-refractivity contribution in [1.82, 2.24) is 4.57 Å². The molecule has 0 spiro atoms. The van der Waals surface area contributed by atoms with Crippen LogP contribution in [0.15, 0.2) is 72.9 Å². The molecule has 1 aromatic heterocycles. The Kier molecular flexibility index (Phi) is 5.19. The predicted molar refractivity (Wildman–Crippen MR) is 116 cm³/mol. The molecule has 30 heavy (non-hydrogen) atoms. The van der Waals surface area contributed by atoms with Gasteiger partial charge in [-0.2, -0.15) is 0 Å². The van der Waals surface area contributed by atoms with E-state index in [4.69, 9.17) is 0 Å². The predicted octanol–water partition coefficient (Wildman–Crippen LogP) is 5.27. The van der Waals surface area contributed by atoms with Gasteiger partial charge < -0.3 is 9.88 Å². The molecular weight excluding hydrogens is 379 g/mol. The summed E-state index contributed by atoms with van der Waals surface area (Å²) in [5.41, 5.74) is 3.89. The summed E-state index contributed by atoms with van der Waals surface area (Å²) < 4.78 is 15.9. The first-order valence-electron chi connectivity index (χ1n) is 9.69. The number of hydrogen-bond donors (Lipinski definition) is 1. The average molecular weight is 400 g/mol. The number of aromatic nitrogens is 1. The number of rotatable bonds is 5. The number of hydrogen-bond acceptors (Lipinski definition) is 2. The zero-order valence-corrected chi connectivity index (χ0v) is 16.8. The van der Waals surface area contributed by atoms with E-state index in [1.807, 2.05) is 56.3 Å². The van der Waals surface area contributed by atoms with Crippen molar-refractivity contribution in [2.24, 2.45) is 0 Å². The molecule has 5 heteroatoms. The average Bonchev–Trinajstić information content (AvgIpc) is 3.09. The molecule has 1 N–H and O–H groups in total. The van der Waals surface area contributed by atoms with E-state index in [0.29, 0.717) is 10.9 Å². The Morgan fingerprint density at radius 1 is 0.867 bits per heavy atom. The molecule has 3 aromatic carbocycles. The molecule has 0 radical (unpaired) electrons. The van der Waals surface area contributed by atoms with Crippen LogP contribution in [0.5, 0.6) is 0 Å². The highest BCUT2D eigenvalue weighted by Crippen LogP contribution is 2.25. The van der Waals surface area contributed by atoms with E-state index >= 15 is 0 Å². The number of para-hydroxylation sites is 2. The van der Waals surface area contributed by atoms with Gasteiger partial charge in [0, 0.05) is 28.4 Å². The zero-order chi connectivity index (χ0) is 21.3. The Morgan fingerprint density at radius 2 is 1.53 bits per heavy atom. The lowest BCUT2D eigenvalue weighted by Gasteiger charge is -2.12. The van der Waals surface area contributed by atoms with Crippen LogP contribution in [-0.4, -0.2) is 16.3 Å². The van der Waals surface area contributed by atoms with Gasteiger partial charge in [-0.25, -0.2) is 4.39 Å². The fourth-order valence-corrected chi connectivity index (χ4v) is 3.69. The highest BCUT2D eigenvalue weighted by molar-refractivity contribution is 6.16. The maximum atomic E-state index is 14.2. The zero-order valence-electron chi connectivity index (χ0n) is 16.8. The van der Waals surface area contributed by atoms with Crippen molar-refractivity contribution < 1.29 is 14.0 Å². The first-order chi connectivity index (χ1) is 14.5. The fourth-order valence-electron chi connectivity index (χ4n) is 3.69. The topological polar surface area (TPSA) is 51.1 Å². The number of amides is 1. The SMILES string of the molecule is Cc1cccc(C)c1NC(=O)Cn1cc(C(=O)c2ccccc2F)c2ccccc21. The molecule has 150 valence electrons. The lowest BCUT2D eigenvalue weighted by molar-refractivity contribution is -0.116. The van der Waals surface area contributed by atoms with E-state index in [1.54, 1.807) is 22.9 Å². The molecule has 4 aromatic rings. The summed E-state index contributed by atoms with van der Waals surface area (Å²) in [7, 11) is 0. The third kappa shape index (κ3) is 3.62. The van der Waals surface area contributed by atoms with Gasteiger partial charge in [0.1, 0.15) is 12.4 Å². The number of fused-ring (bicyclic) bond motifs is 1. The largest absolute Gasteiger partial charge is 0.337 e. The van der Waals surface area contributed by atoms with Crippen molar-refractivity contribution >= 4 is 28.3 Å². The summed E-state index contributed by atoms with van der Waals surface area (Å²) in [6.07, 6.45) is 1.63. The van der Waals surface area contributed by atoms with Gasteiger partial charge in [-0.1, -0.05) is 48.5 Å². The molecule has 0 saturated carbocycles. The van der Waals surface area contributed by atoms with Crippen LogP contribution in [0, 0.1) is 19.7 Å². The Balaban J connectivity index is 1.68. The van der Waals surface area contributed by atoms with Crippen LogP contribution in [0.4, 0.5) is 10.1 Å². The van der Waals surface area contributed by atoms with Crippen LogP contribution in [-0.2, 0) is 11.3 Å². The maximum absolute atomic E-state index is 14.2. The van der Waals surface area contributed by atoms with Crippen molar-refractivity contribution in [2.75, 3.05) is 5.32 Å². The summed E-state index contributed by atoms with van der Waals surface area (Å²) in [5.74, 6) is -1.16. The normalized spacial score (nSPS) is 10.9. The number of carbonyl (C=O) groups excluding carboxylic acids is 2. The number of halogens is 1. The van der Waals surface area contributed by atoms with Crippen molar-refractivity contribution in [3.05, 3.63) is 101 Å². The Labute approximate surface area is 174 Å². The number of ketones is 1. The molecule has 1 heterocycles. The second kappa shape index (κ2) is 7.95. The van der Waals surface area contributed by atoms with Crippen molar-refractivity contribution in [3.8, 4) is 0 Å². The lowest BCUT2D eigenvalue weighted by Crippen LogP contribution is -2.19. The van der Waals surface area contributed by atoms with E-state index in [-0.39, 0.29) is 18.0 Å². The highest BCUT2D eigenvalue weighted by atomic mass is 19.1. The van der Waals surface area contributed by atoms with Gasteiger partial charge in [-0.3, -0.25) is 9.59 Å². The van der Waals surface area contributed by atoms with Gasteiger partial charge in [-0.05, 0) is 43.2 Å². The number of nitrogens with one attached hydrogen (secondary N) is 1. The summed E-state index contributed by atoms with van der Waals surface area (Å²) in [4.78, 5) is 25.8. The molecule has 1 amide bonds. The second-order valence-corrected chi connectivity index (χ2v) is 7.31. The third-order valence-electron chi connectivity index (χ3n) is 5.21. The monoisotopic (exact) mass is 400 g/mol. The molecule has 0 aliphatic carbocycles. The summed E-state index contributed by atoms with van der Waals surface area (Å²) >= 11 is 0. The first kappa shape index (κ1) is 19.6. The van der Waals surface area contributed by atoms with Crippen molar-refractivity contribution in [2.45, 2.75) is 20.4 Å². The molecule has 0 bridgehead atoms. The van der Waals surface area contributed by atoms with Gasteiger partial charge >= 0.3 is 0 Å². The molecule has 4 rings (SSSR count). The molecule has 0 saturated heterocycles. The third-order valence-corrected chi connectivity index (χ3v) is 5.21. The van der Waals surface area contributed by atoms with Gasteiger partial charge in [-0.15, -0.1) is 0 Å². The number of carbonyl (C=O) groups is 2. The number of anilines is 1. The molecule has 0 aliphatic rings. The molecule has 0 unspecified atom stereocenters. The van der Waals surface area contributed by atoms with Gasteiger partial charge in [0.2, 0.25) is 5.91 Å². The van der Waals surface area contributed by atoms with Crippen LogP contribution in [0.3, 0.4) is 0 Å². The van der Waals surface area contributed by atoms with Crippen molar-refractivity contribution in [3.63, 3.8) is 0 Å². The van der Waals surface area contributed by atoms with Gasteiger partial charge in [0.05, 0.1) is 5.56 Å². The second-order valence-electron chi connectivity index (χ2n) is 7.31. The molecule has 0 aliphatic heterocycles. The standard InChI is InChI=1S/C25H21FN2O2/c1-16-8-7-9-17(2)24(16)27-23(29)15-28-14-20(18-10-4-6-13-22(18)28)25(30)19-11-3-5-12-21(19)26/h3-14H,15H2,1-2H3,(H,27,29). The summed E-state index contributed by atoms with van der Waals surface area (Å²) in [6.45, 7) is 3.93. The van der Waals surface area contributed by atoms with Crippen LogP contribution in [0.25, 0.3) is 10.9 Å².